The molecule has 0 unspecified atom stereocenters. The molecular weight excluding hydrogens is 236 g/mol. The second-order valence-corrected chi connectivity index (χ2v) is 4.52. The summed E-state index contributed by atoms with van der Waals surface area (Å²) in [6, 6.07) is -0.354. The zero-order valence-electron chi connectivity index (χ0n) is 11.4. The van der Waals surface area contributed by atoms with E-state index in [0.29, 0.717) is 32.2 Å². The third-order valence-corrected chi connectivity index (χ3v) is 2.08. The van der Waals surface area contributed by atoms with E-state index in [0.717, 1.165) is 6.42 Å². The molecule has 0 spiro atoms. The Morgan fingerprint density at radius 1 is 1.39 bits per heavy atom. The maximum absolute atomic E-state index is 11.7. The number of aliphatic carboxylic acids is 1. The number of urea groups is 1. The lowest BCUT2D eigenvalue weighted by atomic mass is 10.2. The summed E-state index contributed by atoms with van der Waals surface area (Å²) in [6.07, 6.45) is 0.727. The molecule has 0 fully saturated rings. The molecule has 0 aliphatic heterocycles. The van der Waals surface area contributed by atoms with Crippen LogP contribution in [0.4, 0.5) is 4.79 Å². The summed E-state index contributed by atoms with van der Waals surface area (Å²) < 4.78 is 5.32. The Bertz CT molecular complexity index is 256. The van der Waals surface area contributed by atoms with E-state index in [4.69, 9.17) is 9.84 Å². The largest absolute Gasteiger partial charge is 0.480 e. The van der Waals surface area contributed by atoms with Gasteiger partial charge in [0.1, 0.15) is 6.54 Å². The number of ether oxygens (including phenoxy) is 1. The molecule has 0 heterocycles. The average molecular weight is 260 g/mol. The van der Waals surface area contributed by atoms with E-state index < -0.39 is 5.97 Å². The SMILES string of the molecule is CCCN(CC(=O)O)C(=O)NCCOCC(C)C. The van der Waals surface area contributed by atoms with Crippen LogP contribution >= 0.6 is 0 Å². The molecule has 0 aromatic heterocycles. The van der Waals surface area contributed by atoms with Crippen LogP contribution in [0, 0.1) is 5.92 Å². The lowest BCUT2D eigenvalue weighted by Crippen LogP contribution is -2.44. The minimum atomic E-state index is -1.00. The molecule has 0 aromatic carbocycles. The Morgan fingerprint density at radius 3 is 2.56 bits per heavy atom. The fourth-order valence-electron chi connectivity index (χ4n) is 1.35. The second-order valence-electron chi connectivity index (χ2n) is 4.52. The Kier molecular flexibility index (Phi) is 9.00. The molecule has 0 rings (SSSR count). The van der Waals surface area contributed by atoms with E-state index >= 15 is 0 Å². The number of rotatable bonds is 9. The number of nitrogens with zero attached hydrogens (tertiary/aromatic N) is 1. The normalized spacial score (nSPS) is 10.4. The number of carbonyl (C=O) groups is 2. The van der Waals surface area contributed by atoms with Crippen molar-refractivity contribution in [1.29, 1.82) is 0 Å². The third-order valence-electron chi connectivity index (χ3n) is 2.08. The van der Waals surface area contributed by atoms with Gasteiger partial charge in [-0.2, -0.15) is 0 Å². The predicted molar refractivity (Wildman–Crippen MR) is 68.6 cm³/mol. The van der Waals surface area contributed by atoms with Crippen molar-refractivity contribution in [2.75, 3.05) is 32.8 Å². The van der Waals surface area contributed by atoms with E-state index in [9.17, 15) is 9.59 Å². The second kappa shape index (κ2) is 9.70. The summed E-state index contributed by atoms with van der Waals surface area (Å²) in [5, 5.41) is 11.3. The van der Waals surface area contributed by atoms with Crippen molar-refractivity contribution in [2.24, 2.45) is 5.92 Å². The molecule has 0 aromatic rings. The van der Waals surface area contributed by atoms with Crippen LogP contribution in [0.15, 0.2) is 0 Å². The number of nitrogens with one attached hydrogen (secondary N) is 1. The highest BCUT2D eigenvalue weighted by atomic mass is 16.5. The van der Waals surface area contributed by atoms with E-state index in [1.54, 1.807) is 0 Å². The molecule has 0 saturated heterocycles. The van der Waals surface area contributed by atoms with Crippen molar-refractivity contribution in [3.63, 3.8) is 0 Å². The number of hydrogen-bond donors (Lipinski definition) is 2. The van der Waals surface area contributed by atoms with Crippen molar-refractivity contribution in [2.45, 2.75) is 27.2 Å². The Labute approximate surface area is 108 Å². The van der Waals surface area contributed by atoms with E-state index in [-0.39, 0.29) is 12.6 Å². The predicted octanol–water partition coefficient (Wildman–Crippen LogP) is 1.17. The Hall–Kier alpha value is -1.30. The summed E-state index contributed by atoms with van der Waals surface area (Å²) >= 11 is 0. The van der Waals surface area contributed by atoms with Crippen LogP contribution < -0.4 is 5.32 Å². The van der Waals surface area contributed by atoms with Crippen LogP contribution in [0.2, 0.25) is 0 Å². The molecule has 6 nitrogen and oxygen atoms in total. The fourth-order valence-corrected chi connectivity index (χ4v) is 1.35. The van der Waals surface area contributed by atoms with Gasteiger partial charge in [-0.05, 0) is 12.3 Å². The molecule has 0 saturated carbocycles. The van der Waals surface area contributed by atoms with E-state index in [2.05, 4.69) is 19.2 Å². The monoisotopic (exact) mass is 260 g/mol. The first-order chi connectivity index (χ1) is 8.47. The first-order valence-corrected chi connectivity index (χ1v) is 6.29. The van der Waals surface area contributed by atoms with Gasteiger partial charge in [-0.15, -0.1) is 0 Å². The maximum Gasteiger partial charge on any atom is 0.323 e. The minimum Gasteiger partial charge on any atom is -0.480 e. The molecule has 106 valence electrons. The molecule has 2 N–H and O–H groups in total. The van der Waals surface area contributed by atoms with Crippen LogP contribution in [0.1, 0.15) is 27.2 Å². The highest BCUT2D eigenvalue weighted by Crippen LogP contribution is 1.94. The van der Waals surface area contributed by atoms with Gasteiger partial charge in [0.15, 0.2) is 0 Å². The van der Waals surface area contributed by atoms with Crippen LogP contribution in [-0.2, 0) is 9.53 Å². The maximum atomic E-state index is 11.7. The minimum absolute atomic E-state index is 0.271. The van der Waals surface area contributed by atoms with E-state index in [1.807, 2.05) is 6.92 Å². The van der Waals surface area contributed by atoms with Gasteiger partial charge in [0.2, 0.25) is 0 Å². The van der Waals surface area contributed by atoms with Crippen LogP contribution in [0.5, 0.6) is 0 Å². The molecular formula is C12H24N2O4. The first-order valence-electron chi connectivity index (χ1n) is 6.29. The van der Waals surface area contributed by atoms with Crippen molar-refractivity contribution < 1.29 is 19.4 Å². The van der Waals surface area contributed by atoms with Crippen LogP contribution in [0.3, 0.4) is 0 Å². The molecule has 0 bridgehead atoms. The summed E-state index contributed by atoms with van der Waals surface area (Å²) in [7, 11) is 0. The summed E-state index contributed by atoms with van der Waals surface area (Å²) in [5.74, 6) is -0.543. The number of carboxylic acid groups (broad SMARTS) is 1. The topological polar surface area (TPSA) is 78.9 Å². The van der Waals surface area contributed by atoms with Gasteiger partial charge in [0.05, 0.1) is 6.61 Å². The number of carbonyl (C=O) groups excluding carboxylic acids is 1. The highest BCUT2D eigenvalue weighted by Gasteiger charge is 2.14. The molecule has 18 heavy (non-hydrogen) atoms. The summed E-state index contributed by atoms with van der Waals surface area (Å²) in [4.78, 5) is 23.5. The van der Waals surface area contributed by atoms with Gasteiger partial charge in [-0.3, -0.25) is 4.79 Å². The Balaban J connectivity index is 3.84. The number of carboxylic acids is 1. The van der Waals surface area contributed by atoms with Crippen LogP contribution in [-0.4, -0.2) is 54.9 Å². The fraction of sp³-hybridized carbons (Fsp3) is 0.833. The van der Waals surface area contributed by atoms with Gasteiger partial charge in [0.25, 0.3) is 0 Å². The highest BCUT2D eigenvalue weighted by molar-refractivity contribution is 5.80. The standard InChI is InChI=1S/C12H24N2O4/c1-4-6-14(8-11(15)16)12(17)13-5-7-18-9-10(2)3/h10H,4-9H2,1-3H3,(H,13,17)(H,15,16). The lowest BCUT2D eigenvalue weighted by molar-refractivity contribution is -0.137. The van der Waals surface area contributed by atoms with Gasteiger partial charge >= 0.3 is 12.0 Å². The van der Waals surface area contributed by atoms with Crippen molar-refractivity contribution >= 4 is 12.0 Å². The molecule has 0 radical (unpaired) electrons. The molecule has 0 aliphatic carbocycles. The van der Waals surface area contributed by atoms with Crippen molar-refractivity contribution in [3.05, 3.63) is 0 Å². The van der Waals surface area contributed by atoms with Gasteiger partial charge < -0.3 is 20.1 Å². The quantitative estimate of drug-likeness (QED) is 0.610. The average Bonchev–Trinajstić information content (AvgIpc) is 2.26. The van der Waals surface area contributed by atoms with Crippen molar-refractivity contribution in [1.82, 2.24) is 10.2 Å². The number of hydrogen-bond acceptors (Lipinski definition) is 3. The van der Waals surface area contributed by atoms with Crippen LogP contribution in [0.25, 0.3) is 0 Å². The lowest BCUT2D eigenvalue weighted by Gasteiger charge is -2.20. The van der Waals surface area contributed by atoms with Gasteiger partial charge in [0, 0.05) is 19.7 Å². The Morgan fingerprint density at radius 2 is 2.06 bits per heavy atom. The smallest absolute Gasteiger partial charge is 0.323 e. The molecule has 0 aliphatic rings. The zero-order chi connectivity index (χ0) is 14.0. The third kappa shape index (κ3) is 8.81. The van der Waals surface area contributed by atoms with Crippen molar-refractivity contribution in [3.8, 4) is 0 Å². The van der Waals surface area contributed by atoms with Gasteiger partial charge in [-0.1, -0.05) is 20.8 Å². The van der Waals surface area contributed by atoms with Gasteiger partial charge in [-0.25, -0.2) is 4.79 Å². The summed E-state index contributed by atoms with van der Waals surface area (Å²) in [5.41, 5.74) is 0. The van der Waals surface area contributed by atoms with E-state index in [1.165, 1.54) is 4.90 Å². The zero-order valence-corrected chi connectivity index (χ0v) is 11.4. The molecule has 2 amide bonds. The molecule has 0 atom stereocenters. The summed E-state index contributed by atoms with van der Waals surface area (Å²) in [6.45, 7) is 7.65. The first kappa shape index (κ1) is 16.7. The molecule has 6 heteroatoms. The number of amides is 2.